The van der Waals surface area contributed by atoms with Crippen molar-refractivity contribution < 1.29 is 23.8 Å². The lowest BCUT2D eigenvalue weighted by atomic mass is 9.96. The van der Waals surface area contributed by atoms with E-state index >= 15 is 0 Å². The number of carbonyl (C=O) groups excluding carboxylic acids is 2. The average molecular weight is 615 g/mol. The fraction of sp³-hybridized carbons (Fsp3) is 0.394. The first-order valence-electron chi connectivity index (χ1n) is 15.2. The molecule has 12 nitrogen and oxygen atoms in total. The number of nitrogens with zero attached hydrogens (tertiary/aromatic N) is 3. The quantitative estimate of drug-likeness (QED) is 0.229. The number of fused-ring (bicyclic) bond motifs is 1. The van der Waals surface area contributed by atoms with Crippen molar-refractivity contribution in [3.63, 3.8) is 0 Å². The summed E-state index contributed by atoms with van der Waals surface area (Å²) in [5, 5.41) is 13.2. The Kier molecular flexibility index (Phi) is 8.74. The molecule has 2 saturated heterocycles. The van der Waals surface area contributed by atoms with Gasteiger partial charge in [0.05, 0.1) is 32.6 Å². The second-order valence-electron chi connectivity index (χ2n) is 11.7. The van der Waals surface area contributed by atoms with Gasteiger partial charge < -0.3 is 24.1 Å². The van der Waals surface area contributed by atoms with E-state index in [4.69, 9.17) is 14.2 Å². The molecule has 1 atom stereocenters. The van der Waals surface area contributed by atoms with Gasteiger partial charge in [-0.15, -0.1) is 0 Å². The van der Waals surface area contributed by atoms with Crippen LogP contribution in [0.5, 0.6) is 17.2 Å². The maximum atomic E-state index is 12.5. The summed E-state index contributed by atoms with van der Waals surface area (Å²) in [6.07, 6.45) is 6.32. The summed E-state index contributed by atoms with van der Waals surface area (Å²) >= 11 is 0. The second kappa shape index (κ2) is 13.0. The molecule has 236 valence electrons. The number of piperidine rings is 2. The summed E-state index contributed by atoms with van der Waals surface area (Å²) < 4.78 is 19.4. The van der Waals surface area contributed by atoms with Gasteiger partial charge in [-0.05, 0) is 80.2 Å². The van der Waals surface area contributed by atoms with Crippen LogP contribution < -0.4 is 30.4 Å². The van der Waals surface area contributed by atoms with Gasteiger partial charge in [-0.2, -0.15) is 5.10 Å². The number of H-pyrrole nitrogens is 1. The third-order valence-corrected chi connectivity index (χ3v) is 8.71. The Balaban J connectivity index is 1.05. The van der Waals surface area contributed by atoms with Crippen molar-refractivity contribution >= 4 is 28.4 Å². The molecule has 0 bridgehead atoms. The first kappa shape index (κ1) is 30.2. The van der Waals surface area contributed by atoms with Crippen LogP contribution in [0.3, 0.4) is 0 Å². The molecule has 2 aliphatic heterocycles. The van der Waals surface area contributed by atoms with Crippen molar-refractivity contribution in [2.45, 2.75) is 38.3 Å². The minimum atomic E-state index is -0.411. The molecule has 12 heteroatoms. The number of aromatic amines is 1. The van der Waals surface area contributed by atoms with E-state index in [1.54, 1.807) is 32.0 Å². The van der Waals surface area contributed by atoms with E-state index in [9.17, 15) is 14.4 Å². The maximum absolute atomic E-state index is 12.5. The molecule has 6 rings (SSSR count). The first-order valence-corrected chi connectivity index (χ1v) is 15.2. The summed E-state index contributed by atoms with van der Waals surface area (Å²) in [5.41, 5.74) is 3.87. The molecule has 2 amide bonds. The van der Waals surface area contributed by atoms with Crippen LogP contribution in [0, 0.1) is 5.92 Å². The highest BCUT2D eigenvalue weighted by Crippen LogP contribution is 2.38. The molecule has 0 aliphatic carbocycles. The van der Waals surface area contributed by atoms with E-state index in [0.717, 1.165) is 70.9 Å². The Morgan fingerprint density at radius 1 is 1.00 bits per heavy atom. The number of methoxy groups -OCH3 is 2. The van der Waals surface area contributed by atoms with Gasteiger partial charge >= 0.3 is 0 Å². The molecular formula is C33H38N6O6. The number of nitrogens with one attached hydrogen (secondary N) is 3. The Labute approximate surface area is 260 Å². The highest BCUT2D eigenvalue weighted by Gasteiger charge is 2.27. The van der Waals surface area contributed by atoms with Crippen molar-refractivity contribution in [2.24, 2.45) is 13.0 Å². The zero-order valence-electron chi connectivity index (χ0n) is 25.7. The van der Waals surface area contributed by atoms with Crippen molar-refractivity contribution in [1.29, 1.82) is 0 Å². The Morgan fingerprint density at radius 3 is 2.38 bits per heavy atom. The van der Waals surface area contributed by atoms with E-state index in [1.165, 1.54) is 0 Å². The molecule has 2 aliphatic rings. The molecule has 1 unspecified atom stereocenters. The van der Waals surface area contributed by atoms with E-state index in [2.05, 4.69) is 25.7 Å². The molecule has 0 spiro atoms. The Bertz CT molecular complexity index is 1730. The van der Waals surface area contributed by atoms with Crippen LogP contribution in [0.1, 0.15) is 31.2 Å². The molecule has 0 saturated carbocycles. The zero-order valence-corrected chi connectivity index (χ0v) is 25.7. The lowest BCUT2D eigenvalue weighted by Crippen LogP contribution is -2.47. The first-order chi connectivity index (χ1) is 21.8. The number of anilines is 1. The van der Waals surface area contributed by atoms with Crippen molar-refractivity contribution in [3.8, 4) is 28.4 Å². The average Bonchev–Trinajstić information content (AvgIpc) is 3.55. The number of rotatable bonds is 10. The molecule has 2 aromatic carbocycles. The number of benzene rings is 2. The van der Waals surface area contributed by atoms with E-state index in [0.29, 0.717) is 37.4 Å². The normalized spacial score (nSPS) is 17.7. The summed E-state index contributed by atoms with van der Waals surface area (Å²) in [7, 11) is 5.05. The second-order valence-corrected chi connectivity index (χ2v) is 11.7. The molecular weight excluding hydrogens is 576 g/mol. The number of hydrogen-bond donors (Lipinski definition) is 3. The third kappa shape index (κ3) is 6.51. The number of ether oxygens (including phenoxy) is 3. The van der Waals surface area contributed by atoms with Gasteiger partial charge in [-0.25, -0.2) is 0 Å². The number of aryl methyl sites for hydroxylation is 1. The lowest BCUT2D eigenvalue weighted by Gasteiger charge is -2.32. The topological polar surface area (TPSA) is 140 Å². The number of hydrogen-bond acceptors (Lipinski definition) is 9. The fourth-order valence-electron chi connectivity index (χ4n) is 6.11. The molecule has 45 heavy (non-hydrogen) atoms. The van der Waals surface area contributed by atoms with Crippen LogP contribution in [-0.2, 0) is 23.2 Å². The van der Waals surface area contributed by atoms with Gasteiger partial charge in [0, 0.05) is 42.8 Å². The number of likely N-dealkylation sites (tertiary alicyclic amines) is 1. The van der Waals surface area contributed by atoms with Crippen LogP contribution in [0.4, 0.5) is 5.69 Å². The van der Waals surface area contributed by atoms with Gasteiger partial charge in [-0.1, -0.05) is 0 Å². The predicted octanol–water partition coefficient (Wildman–Crippen LogP) is 3.45. The summed E-state index contributed by atoms with van der Waals surface area (Å²) in [5.74, 6) is 2.18. The number of pyridine rings is 1. The third-order valence-electron chi connectivity index (χ3n) is 8.71. The van der Waals surface area contributed by atoms with E-state index in [1.807, 2.05) is 42.6 Å². The number of carbonyl (C=O) groups is 2. The largest absolute Gasteiger partial charge is 0.496 e. The Morgan fingerprint density at radius 2 is 1.71 bits per heavy atom. The molecule has 2 aromatic heterocycles. The maximum Gasteiger partial charge on any atom is 0.276 e. The number of imide groups is 1. The van der Waals surface area contributed by atoms with Crippen LogP contribution in [0.2, 0.25) is 0 Å². The van der Waals surface area contributed by atoms with Crippen LogP contribution in [0.15, 0.2) is 53.6 Å². The minimum Gasteiger partial charge on any atom is -0.496 e. The highest BCUT2D eigenvalue weighted by atomic mass is 16.5. The number of aromatic nitrogens is 3. The van der Waals surface area contributed by atoms with Crippen molar-refractivity contribution in [2.75, 3.05) is 39.2 Å². The van der Waals surface area contributed by atoms with Crippen LogP contribution in [-0.4, -0.2) is 71.4 Å². The van der Waals surface area contributed by atoms with Gasteiger partial charge in [0.25, 0.3) is 5.56 Å². The van der Waals surface area contributed by atoms with Crippen molar-refractivity contribution in [1.82, 2.24) is 25.0 Å². The molecule has 4 aromatic rings. The standard InChI is InChI=1S/C33H38N6O6/c1-38-17-25(24-16-34-37-31(24)33(38)42)21-14-28(43-2)26(29(15-21)44-3)18-39-12-10-20(11-13-39)19-45-23-6-4-22(5-7-23)35-27-8-9-30(40)36-32(27)41/h4-7,14-17,20,27,35H,8-13,18-19H2,1-3H3,(H,34,37)(H,36,40,41). The lowest BCUT2D eigenvalue weighted by molar-refractivity contribution is -0.133. The molecule has 3 N–H and O–H groups in total. The van der Waals surface area contributed by atoms with Gasteiger partial charge in [0.1, 0.15) is 28.8 Å². The summed E-state index contributed by atoms with van der Waals surface area (Å²) in [6.45, 7) is 3.17. The molecule has 2 fully saturated rings. The predicted molar refractivity (Wildman–Crippen MR) is 170 cm³/mol. The smallest absolute Gasteiger partial charge is 0.276 e. The van der Waals surface area contributed by atoms with E-state index in [-0.39, 0.29) is 17.4 Å². The zero-order chi connectivity index (χ0) is 31.5. The summed E-state index contributed by atoms with van der Waals surface area (Å²) in [4.78, 5) is 38.3. The molecule has 4 heterocycles. The Hall–Kier alpha value is -4.84. The number of amides is 2. The van der Waals surface area contributed by atoms with Crippen molar-refractivity contribution in [3.05, 3.63) is 64.7 Å². The fourth-order valence-corrected chi connectivity index (χ4v) is 6.11. The summed E-state index contributed by atoms with van der Waals surface area (Å²) in [6, 6.07) is 11.2. The van der Waals surface area contributed by atoms with Crippen LogP contribution in [0.25, 0.3) is 22.0 Å². The van der Waals surface area contributed by atoms with Gasteiger partial charge in [0.15, 0.2) is 0 Å². The van der Waals surface area contributed by atoms with Gasteiger partial charge in [0.2, 0.25) is 11.8 Å². The SMILES string of the molecule is COc1cc(-c2cn(C)c(=O)c3[nH]ncc23)cc(OC)c1CN1CCC(COc2ccc(NC3CCC(=O)NC3=O)cc2)CC1. The highest BCUT2D eigenvalue weighted by molar-refractivity contribution is 6.01. The monoisotopic (exact) mass is 614 g/mol. The van der Waals surface area contributed by atoms with Crippen LogP contribution >= 0.6 is 0 Å². The minimum absolute atomic E-state index is 0.132. The van der Waals surface area contributed by atoms with Gasteiger partial charge in [-0.3, -0.25) is 29.7 Å². The molecule has 0 radical (unpaired) electrons. The van der Waals surface area contributed by atoms with E-state index < -0.39 is 6.04 Å².